The van der Waals surface area contributed by atoms with Crippen molar-refractivity contribution in [2.45, 2.75) is 0 Å². The Bertz CT molecular complexity index is 827. The van der Waals surface area contributed by atoms with Gasteiger partial charge in [-0.15, -0.1) is 0 Å². The maximum atomic E-state index is 11.6. The van der Waals surface area contributed by atoms with Crippen molar-refractivity contribution >= 4 is 16.9 Å². The van der Waals surface area contributed by atoms with E-state index < -0.39 is 5.97 Å². The van der Waals surface area contributed by atoms with E-state index >= 15 is 0 Å². The summed E-state index contributed by atoms with van der Waals surface area (Å²) in [7, 11) is 1.28. The Morgan fingerprint density at radius 2 is 1.90 bits per heavy atom. The summed E-state index contributed by atoms with van der Waals surface area (Å²) in [6, 6.07) is 14.6. The summed E-state index contributed by atoms with van der Waals surface area (Å²) in [6.07, 6.45) is 1.75. The Morgan fingerprint density at radius 1 is 1.10 bits per heavy atom. The highest BCUT2D eigenvalue weighted by Crippen LogP contribution is 2.27. The number of phenolic OH excluding ortho intramolecular Hbond substituents is 1. The number of methoxy groups -OCH3 is 1. The molecule has 4 heteroatoms. The molecule has 1 N–H and O–H groups in total. The van der Waals surface area contributed by atoms with E-state index in [-0.39, 0.29) is 11.3 Å². The molecule has 3 aromatic rings. The third-order valence-electron chi connectivity index (χ3n) is 3.33. The number of carbonyl (C=O) groups is 1. The van der Waals surface area contributed by atoms with Gasteiger partial charge in [-0.05, 0) is 29.8 Å². The zero-order valence-electron chi connectivity index (χ0n) is 11.4. The van der Waals surface area contributed by atoms with E-state index in [0.717, 1.165) is 22.0 Å². The summed E-state index contributed by atoms with van der Waals surface area (Å²) in [4.78, 5) is 16.0. The standard InChI is InChI=1S/C17H13NO3/c1-21-17(20)14-9-11(6-7-16(14)19)13-8-12-4-2-3-5-15(12)18-10-13/h2-10,19H,1H3. The molecular formula is C17H13NO3. The van der Waals surface area contributed by atoms with Gasteiger partial charge in [-0.2, -0.15) is 0 Å². The van der Waals surface area contributed by atoms with Crippen LogP contribution in [0.2, 0.25) is 0 Å². The lowest BCUT2D eigenvalue weighted by molar-refractivity contribution is 0.0597. The first-order valence-corrected chi connectivity index (χ1v) is 6.45. The first-order chi connectivity index (χ1) is 10.2. The van der Waals surface area contributed by atoms with Gasteiger partial charge in [0.05, 0.1) is 12.6 Å². The fourth-order valence-corrected chi connectivity index (χ4v) is 2.22. The second-order valence-electron chi connectivity index (χ2n) is 4.64. The summed E-state index contributed by atoms with van der Waals surface area (Å²) < 4.78 is 4.66. The number of hydrogen-bond acceptors (Lipinski definition) is 4. The predicted octanol–water partition coefficient (Wildman–Crippen LogP) is 3.39. The van der Waals surface area contributed by atoms with Crippen LogP contribution in [-0.4, -0.2) is 23.2 Å². The molecule has 0 bridgehead atoms. The molecule has 0 fully saturated rings. The summed E-state index contributed by atoms with van der Waals surface area (Å²) in [5, 5.41) is 10.8. The van der Waals surface area contributed by atoms with Crippen molar-refractivity contribution in [3.8, 4) is 16.9 Å². The van der Waals surface area contributed by atoms with Crippen LogP contribution in [-0.2, 0) is 4.74 Å². The lowest BCUT2D eigenvalue weighted by Crippen LogP contribution is -2.01. The van der Waals surface area contributed by atoms with Gasteiger partial charge < -0.3 is 9.84 Å². The van der Waals surface area contributed by atoms with Gasteiger partial charge in [0.15, 0.2) is 0 Å². The smallest absolute Gasteiger partial charge is 0.341 e. The highest BCUT2D eigenvalue weighted by atomic mass is 16.5. The molecule has 0 aliphatic heterocycles. The fraction of sp³-hybridized carbons (Fsp3) is 0.0588. The third kappa shape index (κ3) is 2.43. The fourth-order valence-electron chi connectivity index (χ4n) is 2.22. The minimum absolute atomic E-state index is 0.0978. The van der Waals surface area contributed by atoms with E-state index in [1.165, 1.54) is 13.2 Å². The Hall–Kier alpha value is -2.88. The Kier molecular flexibility index (Phi) is 3.28. The van der Waals surface area contributed by atoms with Crippen molar-refractivity contribution in [1.82, 2.24) is 4.98 Å². The second-order valence-corrected chi connectivity index (χ2v) is 4.64. The molecule has 0 aliphatic rings. The van der Waals surface area contributed by atoms with E-state index in [1.54, 1.807) is 18.3 Å². The molecule has 3 rings (SSSR count). The molecule has 0 spiro atoms. The molecule has 21 heavy (non-hydrogen) atoms. The number of fused-ring (bicyclic) bond motifs is 1. The van der Waals surface area contributed by atoms with E-state index in [4.69, 9.17) is 0 Å². The predicted molar refractivity (Wildman–Crippen MR) is 80.2 cm³/mol. The maximum Gasteiger partial charge on any atom is 0.341 e. The molecule has 0 saturated carbocycles. The number of ether oxygens (including phenoxy) is 1. The number of nitrogens with zero attached hydrogens (tertiary/aromatic N) is 1. The number of rotatable bonds is 2. The molecule has 1 aromatic heterocycles. The molecule has 0 atom stereocenters. The number of carbonyl (C=O) groups excluding carboxylic acids is 1. The number of aromatic nitrogens is 1. The second kappa shape index (κ2) is 5.25. The monoisotopic (exact) mass is 279 g/mol. The number of benzene rings is 2. The summed E-state index contributed by atoms with van der Waals surface area (Å²) >= 11 is 0. The van der Waals surface area contributed by atoms with Gasteiger partial charge in [0.2, 0.25) is 0 Å². The molecule has 2 aromatic carbocycles. The summed E-state index contributed by atoms with van der Waals surface area (Å²) in [5.41, 5.74) is 2.72. The molecule has 4 nitrogen and oxygen atoms in total. The Balaban J connectivity index is 2.12. The molecule has 0 unspecified atom stereocenters. The lowest BCUT2D eigenvalue weighted by atomic mass is 10.0. The van der Waals surface area contributed by atoms with Gasteiger partial charge in [0, 0.05) is 17.1 Å². The van der Waals surface area contributed by atoms with Gasteiger partial charge in [0.1, 0.15) is 11.3 Å². The van der Waals surface area contributed by atoms with Crippen molar-refractivity contribution < 1.29 is 14.6 Å². The van der Waals surface area contributed by atoms with Crippen LogP contribution in [0.25, 0.3) is 22.0 Å². The largest absolute Gasteiger partial charge is 0.507 e. The minimum atomic E-state index is -0.567. The number of phenols is 1. The van der Waals surface area contributed by atoms with Crippen molar-refractivity contribution in [1.29, 1.82) is 0 Å². The maximum absolute atomic E-state index is 11.6. The molecule has 1 heterocycles. The van der Waals surface area contributed by atoms with Crippen molar-refractivity contribution in [3.05, 3.63) is 60.3 Å². The van der Waals surface area contributed by atoms with Crippen LogP contribution in [0.1, 0.15) is 10.4 Å². The molecular weight excluding hydrogens is 266 g/mol. The quantitative estimate of drug-likeness (QED) is 0.730. The van der Waals surface area contributed by atoms with E-state index in [1.807, 2.05) is 30.3 Å². The Morgan fingerprint density at radius 3 is 2.71 bits per heavy atom. The molecule has 0 saturated heterocycles. The topological polar surface area (TPSA) is 59.4 Å². The molecule has 104 valence electrons. The van der Waals surface area contributed by atoms with Gasteiger partial charge in [-0.3, -0.25) is 4.98 Å². The van der Waals surface area contributed by atoms with E-state index in [2.05, 4.69) is 9.72 Å². The van der Waals surface area contributed by atoms with Crippen molar-refractivity contribution in [2.24, 2.45) is 0 Å². The van der Waals surface area contributed by atoms with Gasteiger partial charge in [-0.1, -0.05) is 24.3 Å². The van der Waals surface area contributed by atoms with E-state index in [9.17, 15) is 9.90 Å². The number of esters is 1. The van der Waals surface area contributed by atoms with Gasteiger partial charge in [-0.25, -0.2) is 4.79 Å². The summed E-state index contributed by atoms with van der Waals surface area (Å²) in [6.45, 7) is 0. The summed E-state index contributed by atoms with van der Waals surface area (Å²) in [5.74, 6) is -0.664. The van der Waals surface area contributed by atoms with Crippen LogP contribution in [0.3, 0.4) is 0 Å². The minimum Gasteiger partial charge on any atom is -0.507 e. The average Bonchev–Trinajstić information content (AvgIpc) is 2.54. The first-order valence-electron chi connectivity index (χ1n) is 6.45. The highest BCUT2D eigenvalue weighted by Gasteiger charge is 2.13. The molecule has 0 radical (unpaired) electrons. The van der Waals surface area contributed by atoms with Crippen LogP contribution >= 0.6 is 0 Å². The van der Waals surface area contributed by atoms with Crippen LogP contribution in [0.15, 0.2) is 54.7 Å². The van der Waals surface area contributed by atoms with Gasteiger partial charge in [0.25, 0.3) is 0 Å². The van der Waals surface area contributed by atoms with Crippen LogP contribution in [0.4, 0.5) is 0 Å². The number of pyridine rings is 1. The number of aromatic hydroxyl groups is 1. The third-order valence-corrected chi connectivity index (χ3v) is 3.33. The SMILES string of the molecule is COC(=O)c1cc(-c2cnc3ccccc3c2)ccc1O. The first kappa shape index (κ1) is 13.1. The van der Waals surface area contributed by atoms with E-state index in [0.29, 0.717) is 0 Å². The molecule has 0 aliphatic carbocycles. The Labute approximate surface area is 121 Å². The highest BCUT2D eigenvalue weighted by molar-refractivity contribution is 5.94. The normalized spacial score (nSPS) is 10.5. The zero-order chi connectivity index (χ0) is 14.8. The van der Waals surface area contributed by atoms with Crippen molar-refractivity contribution in [3.63, 3.8) is 0 Å². The molecule has 0 amide bonds. The number of para-hydroxylation sites is 1. The zero-order valence-corrected chi connectivity index (χ0v) is 11.4. The number of hydrogen-bond donors (Lipinski definition) is 1. The van der Waals surface area contributed by atoms with Gasteiger partial charge >= 0.3 is 5.97 Å². The van der Waals surface area contributed by atoms with Crippen LogP contribution < -0.4 is 0 Å². The van der Waals surface area contributed by atoms with Crippen LogP contribution in [0, 0.1) is 0 Å². The average molecular weight is 279 g/mol. The lowest BCUT2D eigenvalue weighted by Gasteiger charge is -2.07. The van der Waals surface area contributed by atoms with Crippen LogP contribution in [0.5, 0.6) is 5.75 Å². The van der Waals surface area contributed by atoms with Crippen molar-refractivity contribution in [2.75, 3.05) is 7.11 Å².